The molecule has 1 heterocycles. The molecule has 15 heavy (non-hydrogen) atoms. The standard InChI is InChI=1S/C12H19BrN2/c1-12(2)5-4-10(13)6-11(12)9-7-14-15(3)8-9/h7-8,10-11H,4-6H2,1-3H3. The van der Waals surface area contributed by atoms with Crippen molar-refractivity contribution in [2.75, 3.05) is 0 Å². The minimum atomic E-state index is 0.410. The Morgan fingerprint density at radius 2 is 2.27 bits per heavy atom. The molecule has 84 valence electrons. The molecule has 0 N–H and O–H groups in total. The van der Waals surface area contributed by atoms with Crippen molar-refractivity contribution in [3.63, 3.8) is 0 Å². The smallest absolute Gasteiger partial charge is 0.0524 e. The van der Waals surface area contributed by atoms with Gasteiger partial charge >= 0.3 is 0 Å². The van der Waals surface area contributed by atoms with Crippen LogP contribution in [0.25, 0.3) is 0 Å². The molecule has 0 aliphatic heterocycles. The van der Waals surface area contributed by atoms with Crippen LogP contribution in [0.2, 0.25) is 0 Å². The number of hydrogen-bond donors (Lipinski definition) is 0. The van der Waals surface area contributed by atoms with Crippen LogP contribution >= 0.6 is 15.9 Å². The molecule has 3 heteroatoms. The number of aromatic nitrogens is 2. The van der Waals surface area contributed by atoms with E-state index in [-0.39, 0.29) is 0 Å². The van der Waals surface area contributed by atoms with Crippen LogP contribution in [0.15, 0.2) is 12.4 Å². The summed E-state index contributed by atoms with van der Waals surface area (Å²) < 4.78 is 1.91. The Morgan fingerprint density at radius 1 is 1.53 bits per heavy atom. The van der Waals surface area contributed by atoms with Crippen molar-refractivity contribution in [2.45, 2.75) is 43.9 Å². The molecule has 0 amide bonds. The first kappa shape index (κ1) is 11.2. The van der Waals surface area contributed by atoms with Crippen LogP contribution < -0.4 is 0 Å². The summed E-state index contributed by atoms with van der Waals surface area (Å²) in [6, 6.07) is 0. The lowest BCUT2D eigenvalue weighted by atomic mass is 9.67. The predicted molar refractivity (Wildman–Crippen MR) is 66.3 cm³/mol. The molecule has 2 atom stereocenters. The number of nitrogens with zero attached hydrogens (tertiary/aromatic N) is 2. The zero-order valence-corrected chi connectivity index (χ0v) is 11.3. The van der Waals surface area contributed by atoms with Crippen molar-refractivity contribution >= 4 is 15.9 Å². The van der Waals surface area contributed by atoms with Crippen molar-refractivity contribution < 1.29 is 0 Å². The van der Waals surface area contributed by atoms with Crippen molar-refractivity contribution in [3.8, 4) is 0 Å². The zero-order chi connectivity index (χ0) is 11.1. The lowest BCUT2D eigenvalue weighted by Crippen LogP contribution is -2.30. The molecule has 0 saturated heterocycles. The van der Waals surface area contributed by atoms with Crippen molar-refractivity contribution in [3.05, 3.63) is 18.0 Å². The van der Waals surface area contributed by atoms with E-state index in [9.17, 15) is 0 Å². The molecule has 1 aromatic heterocycles. The Labute approximate surface area is 100 Å². The number of hydrogen-bond acceptors (Lipinski definition) is 1. The molecular formula is C12H19BrN2. The maximum absolute atomic E-state index is 4.28. The van der Waals surface area contributed by atoms with Gasteiger partial charge in [0.05, 0.1) is 6.20 Å². The fourth-order valence-electron chi connectivity index (χ4n) is 2.60. The lowest BCUT2D eigenvalue weighted by Gasteiger charge is -2.40. The van der Waals surface area contributed by atoms with Gasteiger partial charge in [0.1, 0.15) is 0 Å². The number of rotatable bonds is 1. The molecule has 1 saturated carbocycles. The van der Waals surface area contributed by atoms with Crippen LogP contribution in [0, 0.1) is 5.41 Å². The SMILES string of the molecule is Cn1cc(C2CC(Br)CCC2(C)C)cn1. The second-order valence-corrected chi connectivity index (χ2v) is 6.66. The summed E-state index contributed by atoms with van der Waals surface area (Å²) in [6.07, 6.45) is 8.01. The van der Waals surface area contributed by atoms with Gasteiger partial charge in [-0.3, -0.25) is 4.68 Å². The van der Waals surface area contributed by atoms with Gasteiger partial charge < -0.3 is 0 Å². The second-order valence-electron chi connectivity index (χ2n) is 5.36. The van der Waals surface area contributed by atoms with Crippen LogP contribution in [-0.2, 0) is 7.05 Å². The first-order valence-corrected chi connectivity index (χ1v) is 6.53. The van der Waals surface area contributed by atoms with Gasteiger partial charge in [-0.1, -0.05) is 29.8 Å². The van der Waals surface area contributed by atoms with E-state index in [0.29, 0.717) is 16.2 Å². The van der Waals surface area contributed by atoms with E-state index in [4.69, 9.17) is 0 Å². The molecule has 0 spiro atoms. The molecule has 2 rings (SSSR count). The van der Waals surface area contributed by atoms with E-state index in [1.165, 1.54) is 24.8 Å². The molecular weight excluding hydrogens is 252 g/mol. The van der Waals surface area contributed by atoms with Crippen LogP contribution in [0.5, 0.6) is 0 Å². The Hall–Kier alpha value is -0.310. The average molecular weight is 271 g/mol. The number of alkyl halides is 1. The maximum Gasteiger partial charge on any atom is 0.0524 e. The summed E-state index contributed by atoms with van der Waals surface area (Å²) in [6.45, 7) is 4.76. The van der Waals surface area contributed by atoms with Gasteiger partial charge in [-0.2, -0.15) is 5.10 Å². The van der Waals surface area contributed by atoms with Crippen LogP contribution in [0.3, 0.4) is 0 Å². The molecule has 1 aromatic rings. The fraction of sp³-hybridized carbons (Fsp3) is 0.750. The van der Waals surface area contributed by atoms with Gasteiger partial charge in [-0.05, 0) is 36.2 Å². The number of halogens is 1. The molecule has 2 unspecified atom stereocenters. The monoisotopic (exact) mass is 270 g/mol. The van der Waals surface area contributed by atoms with Gasteiger partial charge in [0.2, 0.25) is 0 Å². The third-order valence-electron chi connectivity index (χ3n) is 3.66. The van der Waals surface area contributed by atoms with E-state index >= 15 is 0 Å². The topological polar surface area (TPSA) is 17.8 Å². The summed E-state index contributed by atoms with van der Waals surface area (Å²) in [4.78, 5) is 0.677. The highest BCUT2D eigenvalue weighted by atomic mass is 79.9. The summed E-state index contributed by atoms with van der Waals surface area (Å²) in [5.74, 6) is 0.643. The van der Waals surface area contributed by atoms with Gasteiger partial charge in [0.15, 0.2) is 0 Å². The highest BCUT2D eigenvalue weighted by molar-refractivity contribution is 9.09. The third-order valence-corrected chi connectivity index (χ3v) is 4.50. The summed E-state index contributed by atoms with van der Waals surface area (Å²) >= 11 is 3.76. The quantitative estimate of drug-likeness (QED) is 0.715. The Balaban J connectivity index is 2.25. The van der Waals surface area contributed by atoms with E-state index in [2.05, 4.69) is 41.1 Å². The maximum atomic E-state index is 4.28. The van der Waals surface area contributed by atoms with E-state index < -0.39 is 0 Å². The Morgan fingerprint density at radius 3 is 2.87 bits per heavy atom. The predicted octanol–water partition coefficient (Wildman–Crippen LogP) is 3.48. The first-order chi connectivity index (χ1) is 6.99. The summed E-state index contributed by atoms with van der Waals surface area (Å²) in [5, 5.41) is 4.28. The van der Waals surface area contributed by atoms with E-state index in [0.717, 1.165) is 0 Å². The van der Waals surface area contributed by atoms with Crippen molar-refractivity contribution in [1.82, 2.24) is 9.78 Å². The largest absolute Gasteiger partial charge is 0.276 e. The Bertz CT molecular complexity index is 343. The van der Waals surface area contributed by atoms with Gasteiger partial charge in [-0.25, -0.2) is 0 Å². The molecule has 0 aromatic carbocycles. The van der Waals surface area contributed by atoms with Crippen molar-refractivity contribution in [1.29, 1.82) is 0 Å². The van der Waals surface area contributed by atoms with Crippen molar-refractivity contribution in [2.24, 2.45) is 12.5 Å². The Kier molecular flexibility index (Phi) is 2.93. The van der Waals surface area contributed by atoms with E-state index in [1.807, 2.05) is 17.9 Å². The second kappa shape index (κ2) is 3.93. The normalized spacial score (nSPS) is 30.4. The lowest BCUT2D eigenvalue weighted by molar-refractivity contribution is 0.205. The molecule has 1 aliphatic rings. The third kappa shape index (κ3) is 2.27. The number of aryl methyl sites for hydroxylation is 1. The van der Waals surface area contributed by atoms with Gasteiger partial charge in [-0.15, -0.1) is 0 Å². The van der Waals surface area contributed by atoms with Crippen LogP contribution in [0.4, 0.5) is 0 Å². The molecule has 1 aliphatic carbocycles. The average Bonchev–Trinajstić information content (AvgIpc) is 2.56. The fourth-order valence-corrected chi connectivity index (χ4v) is 3.21. The van der Waals surface area contributed by atoms with Gasteiger partial charge in [0, 0.05) is 18.1 Å². The first-order valence-electron chi connectivity index (χ1n) is 5.61. The van der Waals surface area contributed by atoms with E-state index in [1.54, 1.807) is 0 Å². The molecule has 0 bridgehead atoms. The summed E-state index contributed by atoms with van der Waals surface area (Å²) in [7, 11) is 1.99. The molecule has 1 fully saturated rings. The summed E-state index contributed by atoms with van der Waals surface area (Å²) in [5.41, 5.74) is 1.81. The highest BCUT2D eigenvalue weighted by Gasteiger charge is 2.36. The van der Waals surface area contributed by atoms with Crippen LogP contribution in [0.1, 0.15) is 44.6 Å². The highest BCUT2D eigenvalue weighted by Crippen LogP contribution is 2.48. The molecule has 0 radical (unpaired) electrons. The minimum absolute atomic E-state index is 0.410. The van der Waals surface area contributed by atoms with Gasteiger partial charge in [0.25, 0.3) is 0 Å². The minimum Gasteiger partial charge on any atom is -0.276 e. The zero-order valence-electron chi connectivity index (χ0n) is 9.70. The molecule has 2 nitrogen and oxygen atoms in total. The van der Waals surface area contributed by atoms with Crippen LogP contribution in [-0.4, -0.2) is 14.6 Å².